The van der Waals surface area contributed by atoms with E-state index in [0.29, 0.717) is 24.7 Å². The highest BCUT2D eigenvalue weighted by atomic mass is 16.5. The number of carbonyl (C=O) groups is 1. The maximum absolute atomic E-state index is 12.1. The standard InChI is InChI=1S/C17H22N4O2/c1-12-6-3-4-7-14(12)20-15(22)8-11-18-17(9-5-10-17)16-19-13(2)23-21-16/h3-4,6-7,18H,5,8-11H2,1-2H3,(H,20,22). The van der Waals surface area contributed by atoms with Gasteiger partial charge in [0.2, 0.25) is 11.8 Å². The molecular formula is C17H22N4O2. The van der Waals surface area contributed by atoms with Gasteiger partial charge >= 0.3 is 0 Å². The summed E-state index contributed by atoms with van der Waals surface area (Å²) >= 11 is 0. The third-order valence-corrected chi connectivity index (χ3v) is 4.40. The lowest BCUT2D eigenvalue weighted by atomic mass is 9.76. The van der Waals surface area contributed by atoms with Crippen LogP contribution in [0.2, 0.25) is 0 Å². The number of anilines is 1. The summed E-state index contributed by atoms with van der Waals surface area (Å²) in [5, 5.41) is 10.4. The predicted octanol–water partition coefficient (Wildman–Crippen LogP) is 2.68. The van der Waals surface area contributed by atoms with Crippen molar-refractivity contribution in [2.75, 3.05) is 11.9 Å². The SMILES string of the molecule is Cc1nc(C2(NCCC(=O)Nc3ccccc3C)CCC2)no1. The zero-order valence-electron chi connectivity index (χ0n) is 13.6. The lowest BCUT2D eigenvalue weighted by Crippen LogP contribution is -2.49. The van der Waals surface area contributed by atoms with Gasteiger partial charge in [0.15, 0.2) is 5.82 Å². The van der Waals surface area contributed by atoms with Crippen molar-refractivity contribution < 1.29 is 9.32 Å². The normalized spacial score (nSPS) is 15.9. The summed E-state index contributed by atoms with van der Waals surface area (Å²) in [6.45, 7) is 4.36. The number of aryl methyl sites for hydroxylation is 2. The molecule has 1 heterocycles. The molecule has 1 aromatic heterocycles. The first-order valence-corrected chi connectivity index (χ1v) is 8.00. The molecule has 0 spiro atoms. The Bertz CT molecular complexity index is 691. The van der Waals surface area contributed by atoms with Gasteiger partial charge in [0.05, 0.1) is 5.54 Å². The molecule has 2 aromatic rings. The van der Waals surface area contributed by atoms with Gasteiger partial charge in [-0.05, 0) is 37.8 Å². The Morgan fingerprint density at radius 3 is 2.70 bits per heavy atom. The maximum Gasteiger partial charge on any atom is 0.225 e. The molecule has 0 saturated heterocycles. The summed E-state index contributed by atoms with van der Waals surface area (Å²) in [5.74, 6) is 1.29. The lowest BCUT2D eigenvalue weighted by molar-refractivity contribution is -0.116. The molecule has 23 heavy (non-hydrogen) atoms. The van der Waals surface area contributed by atoms with E-state index in [1.165, 1.54) is 0 Å². The molecular weight excluding hydrogens is 292 g/mol. The molecule has 1 amide bonds. The number of hydrogen-bond donors (Lipinski definition) is 2. The van der Waals surface area contributed by atoms with E-state index in [0.717, 1.165) is 30.5 Å². The second kappa shape index (κ2) is 6.50. The highest BCUT2D eigenvalue weighted by Crippen LogP contribution is 2.39. The van der Waals surface area contributed by atoms with E-state index >= 15 is 0 Å². The van der Waals surface area contributed by atoms with Crippen LogP contribution in [0, 0.1) is 13.8 Å². The monoisotopic (exact) mass is 314 g/mol. The van der Waals surface area contributed by atoms with Crippen LogP contribution in [0.5, 0.6) is 0 Å². The van der Waals surface area contributed by atoms with Gasteiger partial charge in [-0.1, -0.05) is 23.4 Å². The van der Waals surface area contributed by atoms with Crippen LogP contribution in [0.3, 0.4) is 0 Å². The quantitative estimate of drug-likeness (QED) is 0.857. The van der Waals surface area contributed by atoms with Gasteiger partial charge in [-0.3, -0.25) is 4.79 Å². The molecule has 6 nitrogen and oxygen atoms in total. The van der Waals surface area contributed by atoms with Crippen LogP contribution in [0.1, 0.15) is 43.0 Å². The summed E-state index contributed by atoms with van der Waals surface area (Å²) in [6, 6.07) is 7.77. The van der Waals surface area contributed by atoms with Crippen LogP contribution in [-0.4, -0.2) is 22.6 Å². The molecule has 1 aliphatic rings. The number of para-hydroxylation sites is 1. The largest absolute Gasteiger partial charge is 0.340 e. The summed E-state index contributed by atoms with van der Waals surface area (Å²) in [6.07, 6.45) is 3.50. The summed E-state index contributed by atoms with van der Waals surface area (Å²) in [4.78, 5) is 16.4. The zero-order valence-corrected chi connectivity index (χ0v) is 13.6. The third-order valence-electron chi connectivity index (χ3n) is 4.40. The van der Waals surface area contributed by atoms with Crippen molar-refractivity contribution in [1.29, 1.82) is 0 Å². The number of rotatable bonds is 6. The Hall–Kier alpha value is -2.21. The summed E-state index contributed by atoms with van der Waals surface area (Å²) in [7, 11) is 0. The molecule has 2 N–H and O–H groups in total. The molecule has 6 heteroatoms. The van der Waals surface area contributed by atoms with E-state index < -0.39 is 0 Å². The summed E-state index contributed by atoms with van der Waals surface area (Å²) in [5.41, 5.74) is 1.71. The Morgan fingerprint density at radius 2 is 2.09 bits per heavy atom. The van der Waals surface area contributed by atoms with Gasteiger partial charge < -0.3 is 15.2 Å². The highest BCUT2D eigenvalue weighted by molar-refractivity contribution is 5.91. The highest BCUT2D eigenvalue weighted by Gasteiger charge is 2.42. The molecule has 1 fully saturated rings. The van der Waals surface area contributed by atoms with Crippen LogP contribution >= 0.6 is 0 Å². The molecule has 0 aliphatic heterocycles. The molecule has 1 saturated carbocycles. The van der Waals surface area contributed by atoms with Crippen molar-refractivity contribution in [3.05, 3.63) is 41.5 Å². The number of amides is 1. The van der Waals surface area contributed by atoms with Crippen LogP contribution < -0.4 is 10.6 Å². The smallest absolute Gasteiger partial charge is 0.225 e. The van der Waals surface area contributed by atoms with Crippen LogP contribution in [0.4, 0.5) is 5.69 Å². The first-order valence-electron chi connectivity index (χ1n) is 8.00. The van der Waals surface area contributed by atoms with E-state index in [-0.39, 0.29) is 11.4 Å². The fraction of sp³-hybridized carbons (Fsp3) is 0.471. The Labute approximate surface area is 135 Å². The molecule has 3 rings (SSSR count). The lowest BCUT2D eigenvalue weighted by Gasteiger charge is -2.39. The average Bonchev–Trinajstić information content (AvgIpc) is 2.91. The van der Waals surface area contributed by atoms with Crippen LogP contribution in [0.25, 0.3) is 0 Å². The first kappa shape index (κ1) is 15.7. The van der Waals surface area contributed by atoms with E-state index in [1.807, 2.05) is 31.2 Å². The van der Waals surface area contributed by atoms with Gasteiger partial charge in [0.25, 0.3) is 0 Å². The van der Waals surface area contributed by atoms with E-state index in [9.17, 15) is 4.79 Å². The minimum absolute atomic E-state index is 0.00515. The first-order chi connectivity index (χ1) is 11.1. The Balaban J connectivity index is 1.52. The molecule has 0 atom stereocenters. The fourth-order valence-electron chi connectivity index (χ4n) is 2.84. The number of nitrogens with one attached hydrogen (secondary N) is 2. The van der Waals surface area contributed by atoms with Crippen LogP contribution in [0.15, 0.2) is 28.8 Å². The Morgan fingerprint density at radius 1 is 1.30 bits per heavy atom. The fourth-order valence-corrected chi connectivity index (χ4v) is 2.84. The second-order valence-corrected chi connectivity index (χ2v) is 6.11. The second-order valence-electron chi connectivity index (χ2n) is 6.11. The number of nitrogens with zero attached hydrogens (tertiary/aromatic N) is 2. The zero-order chi connectivity index (χ0) is 16.3. The molecule has 1 aromatic carbocycles. The van der Waals surface area contributed by atoms with Crippen LogP contribution in [-0.2, 0) is 10.3 Å². The molecule has 0 unspecified atom stereocenters. The molecule has 0 bridgehead atoms. The minimum atomic E-state index is -0.222. The van der Waals surface area contributed by atoms with Gasteiger partial charge in [-0.15, -0.1) is 0 Å². The Kier molecular flexibility index (Phi) is 4.43. The van der Waals surface area contributed by atoms with Gasteiger partial charge in [-0.2, -0.15) is 4.98 Å². The predicted molar refractivity (Wildman–Crippen MR) is 87.0 cm³/mol. The number of hydrogen-bond acceptors (Lipinski definition) is 5. The third kappa shape index (κ3) is 3.42. The molecule has 0 radical (unpaired) electrons. The minimum Gasteiger partial charge on any atom is -0.340 e. The van der Waals surface area contributed by atoms with Crippen molar-refractivity contribution >= 4 is 11.6 Å². The van der Waals surface area contributed by atoms with Gasteiger partial charge in [-0.25, -0.2) is 0 Å². The maximum atomic E-state index is 12.1. The topological polar surface area (TPSA) is 80.0 Å². The van der Waals surface area contributed by atoms with Crippen molar-refractivity contribution in [2.24, 2.45) is 0 Å². The van der Waals surface area contributed by atoms with Crippen molar-refractivity contribution in [3.63, 3.8) is 0 Å². The summed E-state index contributed by atoms with van der Waals surface area (Å²) < 4.78 is 5.09. The van der Waals surface area contributed by atoms with E-state index in [4.69, 9.17) is 4.52 Å². The van der Waals surface area contributed by atoms with Gasteiger partial charge in [0.1, 0.15) is 0 Å². The van der Waals surface area contributed by atoms with E-state index in [1.54, 1.807) is 6.92 Å². The van der Waals surface area contributed by atoms with Crippen molar-refractivity contribution in [1.82, 2.24) is 15.5 Å². The van der Waals surface area contributed by atoms with Gasteiger partial charge in [0, 0.05) is 25.6 Å². The molecule has 1 aliphatic carbocycles. The number of benzene rings is 1. The number of carbonyl (C=O) groups excluding carboxylic acids is 1. The molecule has 122 valence electrons. The van der Waals surface area contributed by atoms with Crippen molar-refractivity contribution in [3.8, 4) is 0 Å². The average molecular weight is 314 g/mol. The van der Waals surface area contributed by atoms with E-state index in [2.05, 4.69) is 20.8 Å². The number of aromatic nitrogens is 2. The van der Waals surface area contributed by atoms with Crippen molar-refractivity contribution in [2.45, 2.75) is 45.1 Å².